The monoisotopic (exact) mass is 277 g/mol. The number of nitrogens with zero attached hydrogens (tertiary/aromatic N) is 1. The highest BCUT2D eigenvalue weighted by molar-refractivity contribution is 7.98. The molecule has 3 nitrogen and oxygen atoms in total. The number of hydrogen-bond donors (Lipinski definition) is 1. The maximum atomic E-state index is 10.4. The van der Waals surface area contributed by atoms with Crippen molar-refractivity contribution in [3.05, 3.63) is 52.4 Å². The zero-order valence-corrected chi connectivity index (χ0v) is 11.1. The summed E-state index contributed by atoms with van der Waals surface area (Å²) in [5.74, 6) is -0.0756. The molecule has 0 aliphatic carbocycles. The van der Waals surface area contributed by atoms with Crippen LogP contribution in [-0.4, -0.2) is 16.1 Å². The van der Waals surface area contributed by atoms with Crippen molar-refractivity contribution in [2.24, 2.45) is 0 Å². The van der Waals surface area contributed by atoms with E-state index in [0.717, 1.165) is 22.4 Å². The van der Waals surface area contributed by atoms with Crippen molar-refractivity contribution in [1.29, 1.82) is 0 Å². The molecule has 2 aromatic rings. The number of rotatable bonds is 5. The molecule has 0 aromatic carbocycles. The predicted molar refractivity (Wildman–Crippen MR) is 74.8 cm³/mol. The number of thiophene rings is 1. The van der Waals surface area contributed by atoms with Gasteiger partial charge in [-0.15, -0.1) is 23.1 Å². The zero-order chi connectivity index (χ0) is 12.8. The second-order valence-electron chi connectivity index (χ2n) is 3.47. The SMILES string of the molecule is O=C(O)C=Cc1csc(CSc2ccccn2)c1. The molecule has 0 saturated carbocycles. The lowest BCUT2D eigenvalue weighted by molar-refractivity contribution is -0.131. The van der Waals surface area contributed by atoms with Crippen LogP contribution in [0.2, 0.25) is 0 Å². The van der Waals surface area contributed by atoms with Crippen LogP contribution in [0.4, 0.5) is 0 Å². The summed E-state index contributed by atoms with van der Waals surface area (Å²) in [6.07, 6.45) is 4.53. The fraction of sp³-hybridized carbons (Fsp3) is 0.0769. The van der Waals surface area contributed by atoms with Crippen LogP contribution in [0.3, 0.4) is 0 Å². The summed E-state index contributed by atoms with van der Waals surface area (Å²) in [4.78, 5) is 15.8. The summed E-state index contributed by atoms with van der Waals surface area (Å²) in [5.41, 5.74) is 0.930. The van der Waals surface area contributed by atoms with Crippen molar-refractivity contribution in [2.45, 2.75) is 10.8 Å². The number of carbonyl (C=O) groups is 1. The Morgan fingerprint density at radius 1 is 1.50 bits per heavy atom. The molecule has 0 aliphatic rings. The van der Waals surface area contributed by atoms with Gasteiger partial charge in [-0.2, -0.15) is 0 Å². The third kappa shape index (κ3) is 4.01. The number of pyridine rings is 1. The van der Waals surface area contributed by atoms with Crippen molar-refractivity contribution >= 4 is 35.1 Å². The van der Waals surface area contributed by atoms with E-state index in [4.69, 9.17) is 5.11 Å². The van der Waals surface area contributed by atoms with Crippen LogP contribution < -0.4 is 0 Å². The fourth-order valence-electron chi connectivity index (χ4n) is 1.31. The molecule has 0 radical (unpaired) electrons. The standard InChI is InChI=1S/C13H11NO2S2/c15-13(16)5-4-10-7-11(17-8-10)9-18-12-3-1-2-6-14-12/h1-8H,9H2,(H,15,16). The van der Waals surface area contributed by atoms with E-state index in [1.807, 2.05) is 29.6 Å². The first-order valence-corrected chi connectivity index (χ1v) is 7.13. The zero-order valence-electron chi connectivity index (χ0n) is 9.45. The van der Waals surface area contributed by atoms with Gasteiger partial charge in [-0.05, 0) is 35.2 Å². The Morgan fingerprint density at radius 2 is 2.39 bits per heavy atom. The van der Waals surface area contributed by atoms with Crippen molar-refractivity contribution in [3.8, 4) is 0 Å². The Hall–Kier alpha value is -1.59. The summed E-state index contributed by atoms with van der Waals surface area (Å²) in [7, 11) is 0. The second-order valence-corrected chi connectivity index (χ2v) is 5.47. The van der Waals surface area contributed by atoms with Crippen molar-refractivity contribution in [2.75, 3.05) is 0 Å². The van der Waals surface area contributed by atoms with Gasteiger partial charge in [0.1, 0.15) is 0 Å². The van der Waals surface area contributed by atoms with E-state index in [2.05, 4.69) is 4.98 Å². The van der Waals surface area contributed by atoms with Gasteiger partial charge in [0.2, 0.25) is 0 Å². The van der Waals surface area contributed by atoms with Crippen LogP contribution >= 0.6 is 23.1 Å². The summed E-state index contributed by atoms with van der Waals surface area (Å²) < 4.78 is 0. The Balaban J connectivity index is 1.93. The minimum atomic E-state index is -0.925. The number of aromatic nitrogens is 1. The average molecular weight is 277 g/mol. The Bertz CT molecular complexity index is 549. The maximum absolute atomic E-state index is 10.4. The number of carboxylic acid groups (broad SMARTS) is 1. The Morgan fingerprint density at radius 3 is 3.11 bits per heavy atom. The largest absolute Gasteiger partial charge is 0.478 e. The van der Waals surface area contributed by atoms with Crippen molar-refractivity contribution < 1.29 is 9.90 Å². The van der Waals surface area contributed by atoms with Gasteiger partial charge < -0.3 is 5.11 Å². The normalized spacial score (nSPS) is 10.9. The van der Waals surface area contributed by atoms with E-state index in [1.54, 1.807) is 35.4 Å². The Labute approximate surface area is 113 Å². The van der Waals surface area contributed by atoms with Gasteiger partial charge in [0.25, 0.3) is 0 Å². The highest BCUT2D eigenvalue weighted by Crippen LogP contribution is 2.25. The van der Waals surface area contributed by atoms with Gasteiger partial charge in [-0.1, -0.05) is 6.07 Å². The minimum absolute atomic E-state index is 0.850. The van der Waals surface area contributed by atoms with E-state index in [1.165, 1.54) is 4.88 Å². The van der Waals surface area contributed by atoms with Crippen molar-refractivity contribution in [1.82, 2.24) is 4.98 Å². The van der Waals surface area contributed by atoms with E-state index in [0.29, 0.717) is 0 Å². The van der Waals surface area contributed by atoms with Gasteiger partial charge in [0.05, 0.1) is 5.03 Å². The summed E-state index contributed by atoms with van der Waals surface area (Å²) in [6.45, 7) is 0. The first kappa shape index (κ1) is 12.9. The molecule has 0 atom stereocenters. The lowest BCUT2D eigenvalue weighted by Crippen LogP contribution is -1.84. The quantitative estimate of drug-likeness (QED) is 0.671. The molecule has 0 spiro atoms. The van der Waals surface area contributed by atoms with Gasteiger partial charge in [-0.3, -0.25) is 0 Å². The first-order valence-electron chi connectivity index (χ1n) is 5.26. The van der Waals surface area contributed by atoms with E-state index < -0.39 is 5.97 Å². The molecule has 0 unspecified atom stereocenters. The molecule has 1 N–H and O–H groups in total. The van der Waals surface area contributed by atoms with Crippen LogP contribution in [0, 0.1) is 0 Å². The van der Waals surface area contributed by atoms with E-state index in [9.17, 15) is 4.79 Å². The number of aliphatic carboxylic acids is 1. The lowest BCUT2D eigenvalue weighted by atomic mass is 10.3. The maximum Gasteiger partial charge on any atom is 0.328 e. The van der Waals surface area contributed by atoms with Crippen LogP contribution in [0.25, 0.3) is 6.08 Å². The molecule has 0 amide bonds. The summed E-state index contributed by atoms with van der Waals surface area (Å²) in [6, 6.07) is 7.83. The lowest BCUT2D eigenvalue weighted by Gasteiger charge is -1.96. The number of thioether (sulfide) groups is 1. The molecule has 0 fully saturated rings. The minimum Gasteiger partial charge on any atom is -0.478 e. The van der Waals surface area contributed by atoms with Gasteiger partial charge in [0.15, 0.2) is 0 Å². The first-order chi connectivity index (χ1) is 8.74. The molecule has 2 aromatic heterocycles. The van der Waals surface area contributed by atoms with Gasteiger partial charge in [-0.25, -0.2) is 9.78 Å². The second kappa shape index (κ2) is 6.37. The van der Waals surface area contributed by atoms with Crippen LogP contribution in [0.5, 0.6) is 0 Å². The molecule has 0 saturated heterocycles. The van der Waals surface area contributed by atoms with E-state index >= 15 is 0 Å². The molecule has 2 rings (SSSR count). The third-order valence-electron chi connectivity index (χ3n) is 2.09. The van der Waals surface area contributed by atoms with Crippen LogP contribution in [0.1, 0.15) is 10.4 Å². The van der Waals surface area contributed by atoms with Crippen LogP contribution in [0.15, 0.2) is 46.9 Å². The predicted octanol–water partition coefficient (Wildman–Crippen LogP) is 3.53. The van der Waals surface area contributed by atoms with Gasteiger partial charge >= 0.3 is 5.97 Å². The Kier molecular flexibility index (Phi) is 4.55. The molecule has 0 bridgehead atoms. The fourth-order valence-corrected chi connectivity index (χ4v) is 3.08. The number of carboxylic acids is 1. The van der Waals surface area contributed by atoms with Crippen molar-refractivity contribution in [3.63, 3.8) is 0 Å². The van der Waals surface area contributed by atoms with Gasteiger partial charge in [0, 0.05) is 22.9 Å². The molecular formula is C13H11NO2S2. The molecule has 0 aliphatic heterocycles. The molecule has 92 valence electrons. The molecule has 5 heteroatoms. The average Bonchev–Trinajstić information content (AvgIpc) is 2.83. The molecule has 2 heterocycles. The highest BCUT2D eigenvalue weighted by Gasteiger charge is 2.00. The van der Waals surface area contributed by atoms with Crippen LogP contribution in [-0.2, 0) is 10.5 Å². The number of hydrogen-bond acceptors (Lipinski definition) is 4. The van der Waals surface area contributed by atoms with E-state index in [-0.39, 0.29) is 0 Å². The smallest absolute Gasteiger partial charge is 0.328 e. The molecular weight excluding hydrogens is 266 g/mol. The third-order valence-corrected chi connectivity index (χ3v) is 4.22. The highest BCUT2D eigenvalue weighted by atomic mass is 32.2. The summed E-state index contributed by atoms with van der Waals surface area (Å²) >= 11 is 3.30. The summed E-state index contributed by atoms with van der Waals surface area (Å²) in [5, 5.41) is 11.5. The topological polar surface area (TPSA) is 50.2 Å². The molecule has 18 heavy (non-hydrogen) atoms.